The number of rotatable bonds is 40. The number of carbonyl (C=O) groups excluding carboxylic acids is 1. The van der Waals surface area contributed by atoms with E-state index in [-0.39, 0.29) is 31.8 Å². The highest BCUT2D eigenvalue weighted by Crippen LogP contribution is 1.90. The maximum absolute atomic E-state index is 11.4. The number of amides is 1. The molecular formula is C30H57NO16. The molecule has 0 heterocycles. The zero-order valence-electron chi connectivity index (χ0n) is 27.7. The Morgan fingerprint density at radius 1 is 0.340 bits per heavy atom. The fourth-order valence-corrected chi connectivity index (χ4v) is 3.17. The first kappa shape index (κ1) is 45.0. The highest BCUT2D eigenvalue weighted by Gasteiger charge is 2.04. The summed E-state index contributed by atoms with van der Waals surface area (Å²) in [6.07, 6.45) is 0.454. The average molecular weight is 688 g/mol. The van der Waals surface area contributed by atoms with E-state index in [0.29, 0.717) is 152 Å². The number of ether oxygens (including phenoxy) is 11. The van der Waals surface area contributed by atoms with Gasteiger partial charge in [-0.05, 0) is 6.42 Å². The molecule has 1 amide bonds. The molecular weight excluding hydrogens is 630 g/mol. The second-order valence-electron chi connectivity index (χ2n) is 9.48. The molecule has 0 saturated heterocycles. The van der Waals surface area contributed by atoms with Crippen LogP contribution in [-0.2, 0) is 66.5 Å². The lowest BCUT2D eigenvalue weighted by Crippen LogP contribution is -2.25. The van der Waals surface area contributed by atoms with Crippen LogP contribution in [0.5, 0.6) is 0 Å². The third-order valence-corrected chi connectivity index (χ3v) is 5.53. The van der Waals surface area contributed by atoms with Crippen molar-refractivity contribution < 1.29 is 76.7 Å². The molecule has 0 radical (unpaired) electrons. The van der Waals surface area contributed by atoms with E-state index >= 15 is 0 Å². The van der Waals surface area contributed by atoms with Gasteiger partial charge in [-0.3, -0.25) is 14.4 Å². The van der Waals surface area contributed by atoms with Gasteiger partial charge < -0.3 is 67.6 Å². The molecule has 0 saturated carbocycles. The van der Waals surface area contributed by atoms with Crippen LogP contribution in [0.2, 0.25) is 0 Å². The van der Waals surface area contributed by atoms with Gasteiger partial charge >= 0.3 is 11.9 Å². The summed E-state index contributed by atoms with van der Waals surface area (Å²) in [6, 6.07) is 0. The summed E-state index contributed by atoms with van der Waals surface area (Å²) in [7, 11) is 0. The summed E-state index contributed by atoms with van der Waals surface area (Å²) in [6.45, 7) is 10.2. The highest BCUT2D eigenvalue weighted by atomic mass is 16.6. The van der Waals surface area contributed by atoms with E-state index in [4.69, 9.17) is 62.3 Å². The third-order valence-electron chi connectivity index (χ3n) is 5.53. The first-order chi connectivity index (χ1) is 23.0. The minimum atomic E-state index is -0.987. The van der Waals surface area contributed by atoms with E-state index in [2.05, 4.69) is 5.32 Å². The molecule has 0 aromatic heterocycles. The molecule has 3 N–H and O–H groups in total. The number of aliphatic carboxylic acids is 2. The molecule has 0 bridgehead atoms. The van der Waals surface area contributed by atoms with E-state index in [1.54, 1.807) is 0 Å². The van der Waals surface area contributed by atoms with Crippen molar-refractivity contribution in [2.45, 2.75) is 25.7 Å². The third kappa shape index (κ3) is 41.9. The van der Waals surface area contributed by atoms with E-state index in [0.717, 1.165) is 0 Å². The molecule has 17 heteroatoms. The Balaban J connectivity index is 3.09. The van der Waals surface area contributed by atoms with Crippen molar-refractivity contribution in [3.05, 3.63) is 0 Å². The number of carboxylic acid groups (broad SMARTS) is 2. The second-order valence-corrected chi connectivity index (χ2v) is 9.48. The predicted octanol–water partition coefficient (Wildman–Crippen LogP) is 0.0148. The zero-order valence-corrected chi connectivity index (χ0v) is 27.7. The molecule has 0 fully saturated rings. The van der Waals surface area contributed by atoms with Crippen molar-refractivity contribution in [1.29, 1.82) is 0 Å². The lowest BCUT2D eigenvalue weighted by molar-refractivity contribution is -0.139. The normalized spacial score (nSPS) is 11.2. The Kier molecular flexibility index (Phi) is 36.8. The minimum Gasteiger partial charge on any atom is -0.481 e. The topological polar surface area (TPSA) is 205 Å². The first-order valence-corrected chi connectivity index (χ1v) is 16.1. The molecule has 0 aliphatic heterocycles. The number of nitrogens with one attached hydrogen (secondary N) is 1. The van der Waals surface area contributed by atoms with Gasteiger partial charge in [-0.15, -0.1) is 0 Å². The van der Waals surface area contributed by atoms with Gasteiger partial charge in [0, 0.05) is 19.6 Å². The van der Waals surface area contributed by atoms with Crippen LogP contribution in [0, 0.1) is 0 Å². The quantitative estimate of drug-likeness (QED) is 0.0726. The van der Waals surface area contributed by atoms with Gasteiger partial charge in [0.25, 0.3) is 0 Å². The van der Waals surface area contributed by atoms with E-state index in [9.17, 15) is 14.4 Å². The van der Waals surface area contributed by atoms with Gasteiger partial charge in [-0.1, -0.05) is 0 Å². The Labute approximate surface area is 277 Å². The standard InChI is InChI=1S/C30H57NO16/c32-28(2-3-29(33)34)31-5-1-6-37-8-10-39-12-14-41-16-18-43-20-22-45-24-26-47-27-25-46-23-21-44-19-17-42-15-13-40-11-9-38-7-4-30(35)36/h1-27H2,(H,31,32)(H,33,34)(H,35,36). The summed E-state index contributed by atoms with van der Waals surface area (Å²) in [5.74, 6) is -2.14. The Morgan fingerprint density at radius 3 is 0.872 bits per heavy atom. The van der Waals surface area contributed by atoms with Crippen LogP contribution in [-0.4, -0.2) is 180 Å². The monoisotopic (exact) mass is 687 g/mol. The van der Waals surface area contributed by atoms with E-state index < -0.39 is 11.9 Å². The summed E-state index contributed by atoms with van der Waals surface area (Å²) in [4.78, 5) is 32.1. The molecule has 0 atom stereocenters. The molecule has 0 aliphatic carbocycles. The van der Waals surface area contributed by atoms with Crippen molar-refractivity contribution >= 4 is 17.8 Å². The van der Waals surface area contributed by atoms with Crippen LogP contribution in [0.1, 0.15) is 25.7 Å². The summed E-state index contributed by atoms with van der Waals surface area (Å²) in [5, 5.41) is 19.6. The van der Waals surface area contributed by atoms with Crippen molar-refractivity contribution in [2.24, 2.45) is 0 Å². The minimum absolute atomic E-state index is 0.00924. The number of hydrogen-bond acceptors (Lipinski definition) is 14. The van der Waals surface area contributed by atoms with Crippen LogP contribution in [0.3, 0.4) is 0 Å². The molecule has 47 heavy (non-hydrogen) atoms. The zero-order chi connectivity index (χ0) is 34.3. The predicted molar refractivity (Wildman–Crippen MR) is 166 cm³/mol. The van der Waals surface area contributed by atoms with Gasteiger partial charge in [-0.25, -0.2) is 0 Å². The smallest absolute Gasteiger partial charge is 0.305 e. The Bertz CT molecular complexity index is 703. The fourth-order valence-electron chi connectivity index (χ4n) is 3.17. The molecule has 278 valence electrons. The second kappa shape index (κ2) is 38.4. The lowest BCUT2D eigenvalue weighted by Gasteiger charge is -2.09. The molecule has 0 aliphatic rings. The maximum atomic E-state index is 11.4. The average Bonchev–Trinajstić information content (AvgIpc) is 3.05. The van der Waals surface area contributed by atoms with Gasteiger partial charge in [0.1, 0.15) is 0 Å². The van der Waals surface area contributed by atoms with Crippen LogP contribution in [0.25, 0.3) is 0 Å². The van der Waals surface area contributed by atoms with Crippen molar-refractivity contribution in [2.75, 3.05) is 152 Å². The van der Waals surface area contributed by atoms with Crippen molar-refractivity contribution in [3.63, 3.8) is 0 Å². The van der Waals surface area contributed by atoms with Crippen molar-refractivity contribution in [3.8, 4) is 0 Å². The first-order valence-electron chi connectivity index (χ1n) is 16.1. The lowest BCUT2D eigenvalue weighted by atomic mass is 10.3. The summed E-state index contributed by atoms with van der Waals surface area (Å²) in [5.41, 5.74) is 0. The van der Waals surface area contributed by atoms with Crippen LogP contribution in [0.4, 0.5) is 0 Å². The Morgan fingerprint density at radius 2 is 0.596 bits per heavy atom. The van der Waals surface area contributed by atoms with E-state index in [1.807, 2.05) is 0 Å². The van der Waals surface area contributed by atoms with Gasteiger partial charge in [0.2, 0.25) is 5.91 Å². The molecule has 0 aromatic rings. The molecule has 0 spiro atoms. The SMILES string of the molecule is O=C(O)CCOCCOCCOCCOCCOCCOCCOCCOCCOCCOCCOCCCNC(=O)CCC(=O)O. The largest absolute Gasteiger partial charge is 0.481 e. The number of carboxylic acids is 2. The molecule has 0 rings (SSSR count). The fraction of sp³-hybridized carbons (Fsp3) is 0.900. The molecule has 17 nitrogen and oxygen atoms in total. The van der Waals surface area contributed by atoms with Crippen LogP contribution >= 0.6 is 0 Å². The van der Waals surface area contributed by atoms with E-state index in [1.165, 1.54) is 0 Å². The number of carbonyl (C=O) groups is 3. The van der Waals surface area contributed by atoms with Gasteiger partial charge in [-0.2, -0.15) is 0 Å². The molecule has 0 aromatic carbocycles. The number of hydrogen-bond donors (Lipinski definition) is 3. The van der Waals surface area contributed by atoms with Gasteiger partial charge in [0.05, 0.1) is 152 Å². The molecule has 0 unspecified atom stereocenters. The van der Waals surface area contributed by atoms with Crippen LogP contribution < -0.4 is 5.32 Å². The summed E-state index contributed by atoms with van der Waals surface area (Å²) < 4.78 is 59.3. The van der Waals surface area contributed by atoms with Crippen LogP contribution in [0.15, 0.2) is 0 Å². The maximum Gasteiger partial charge on any atom is 0.305 e. The highest BCUT2D eigenvalue weighted by molar-refractivity contribution is 5.80. The van der Waals surface area contributed by atoms with Gasteiger partial charge in [0.15, 0.2) is 0 Å². The summed E-state index contributed by atoms with van der Waals surface area (Å²) >= 11 is 0. The Hall–Kier alpha value is -2.03. The van der Waals surface area contributed by atoms with Crippen molar-refractivity contribution in [1.82, 2.24) is 5.32 Å².